The first-order valence-corrected chi connectivity index (χ1v) is 3.29. The second kappa shape index (κ2) is 6.52. The molecule has 0 aliphatic carbocycles. The number of ether oxygens (including phenoxy) is 1. The first-order valence-electron chi connectivity index (χ1n) is 3.29. The molecule has 0 radical (unpaired) electrons. The van der Waals surface area contributed by atoms with E-state index in [1.165, 1.54) is 0 Å². The van der Waals surface area contributed by atoms with E-state index in [1.807, 2.05) is 0 Å². The second-order valence-corrected chi connectivity index (χ2v) is 1.95. The number of hydrogen-bond donors (Lipinski definition) is 1. The Morgan fingerprint density at radius 1 is 1.40 bits per heavy atom. The van der Waals surface area contributed by atoms with Crippen molar-refractivity contribution in [2.24, 2.45) is 0 Å². The maximum Gasteiger partial charge on any atom is 0.0844 e. The van der Waals surface area contributed by atoms with Gasteiger partial charge in [-0.05, 0) is 6.42 Å². The molecule has 0 fully saturated rings. The molecule has 1 N–H and O–H groups in total. The highest BCUT2D eigenvalue weighted by Crippen LogP contribution is 1.97. The quantitative estimate of drug-likeness (QED) is 0.563. The van der Waals surface area contributed by atoms with Crippen molar-refractivity contribution in [3.63, 3.8) is 0 Å². The molecule has 0 heterocycles. The van der Waals surface area contributed by atoms with Gasteiger partial charge in [-0.15, -0.1) is 13.2 Å². The maximum atomic E-state index is 8.68. The van der Waals surface area contributed by atoms with Crippen molar-refractivity contribution in [1.82, 2.24) is 0 Å². The average Bonchev–Trinajstić information content (AvgIpc) is 1.98. The van der Waals surface area contributed by atoms with E-state index < -0.39 is 0 Å². The minimum absolute atomic E-state index is 0.0415. The van der Waals surface area contributed by atoms with Crippen LogP contribution in [-0.4, -0.2) is 24.4 Å². The molecule has 0 amide bonds. The summed E-state index contributed by atoms with van der Waals surface area (Å²) in [7, 11) is 0. The fourth-order valence-electron chi connectivity index (χ4n) is 0.585. The number of rotatable bonds is 6. The van der Waals surface area contributed by atoms with E-state index in [0.717, 1.165) is 0 Å². The first-order chi connectivity index (χ1) is 4.85. The van der Waals surface area contributed by atoms with Gasteiger partial charge < -0.3 is 9.84 Å². The van der Waals surface area contributed by atoms with Crippen LogP contribution in [0, 0.1) is 0 Å². The van der Waals surface area contributed by atoms with Crippen LogP contribution in [0.25, 0.3) is 0 Å². The van der Waals surface area contributed by atoms with Gasteiger partial charge in [-0.1, -0.05) is 12.2 Å². The summed E-state index contributed by atoms with van der Waals surface area (Å²) >= 11 is 0. The van der Waals surface area contributed by atoms with E-state index in [2.05, 4.69) is 13.2 Å². The average molecular weight is 142 g/mol. The van der Waals surface area contributed by atoms with E-state index in [-0.39, 0.29) is 12.7 Å². The van der Waals surface area contributed by atoms with Crippen LogP contribution >= 0.6 is 0 Å². The molecule has 0 aliphatic rings. The highest BCUT2D eigenvalue weighted by Gasteiger charge is 2.02. The van der Waals surface area contributed by atoms with Crippen LogP contribution in [0.2, 0.25) is 0 Å². The molecular formula is C8H14O2. The molecule has 0 aromatic heterocycles. The molecule has 0 saturated heterocycles. The standard InChI is InChI=1S/C8H14O2/c1-3-5-8(7-9)10-6-4-2/h3-4,8-9H,1-2,5-7H2/t8-/m1/s1. The molecule has 0 bridgehead atoms. The lowest BCUT2D eigenvalue weighted by atomic mass is 10.3. The van der Waals surface area contributed by atoms with Gasteiger partial charge in [0, 0.05) is 0 Å². The van der Waals surface area contributed by atoms with E-state index in [9.17, 15) is 0 Å². The molecule has 0 aromatic carbocycles. The molecule has 10 heavy (non-hydrogen) atoms. The van der Waals surface area contributed by atoms with E-state index in [1.54, 1.807) is 12.2 Å². The lowest BCUT2D eigenvalue weighted by Gasteiger charge is -2.10. The third kappa shape index (κ3) is 4.30. The van der Waals surface area contributed by atoms with Gasteiger partial charge in [0.25, 0.3) is 0 Å². The smallest absolute Gasteiger partial charge is 0.0844 e. The van der Waals surface area contributed by atoms with Crippen LogP contribution in [0.1, 0.15) is 6.42 Å². The van der Waals surface area contributed by atoms with Gasteiger partial charge in [-0.2, -0.15) is 0 Å². The molecule has 2 nitrogen and oxygen atoms in total. The summed E-state index contributed by atoms with van der Waals surface area (Å²) in [6.45, 7) is 7.56. The Bertz CT molecular complexity index is 99.4. The highest BCUT2D eigenvalue weighted by molar-refractivity contribution is 4.74. The summed E-state index contributed by atoms with van der Waals surface area (Å²) in [5.41, 5.74) is 0. The van der Waals surface area contributed by atoms with Crippen molar-refractivity contribution >= 4 is 0 Å². The Hall–Kier alpha value is -0.600. The zero-order chi connectivity index (χ0) is 7.82. The Balaban J connectivity index is 3.38. The molecule has 1 atom stereocenters. The summed E-state index contributed by atoms with van der Waals surface area (Å²) in [4.78, 5) is 0. The Labute approximate surface area is 61.8 Å². The van der Waals surface area contributed by atoms with Gasteiger partial charge in [0.05, 0.1) is 19.3 Å². The maximum absolute atomic E-state index is 8.68. The normalized spacial score (nSPS) is 12.5. The van der Waals surface area contributed by atoms with Gasteiger partial charge in [0.15, 0.2) is 0 Å². The zero-order valence-corrected chi connectivity index (χ0v) is 6.12. The van der Waals surface area contributed by atoms with Crippen molar-refractivity contribution in [3.05, 3.63) is 25.3 Å². The van der Waals surface area contributed by atoms with Crippen LogP contribution < -0.4 is 0 Å². The van der Waals surface area contributed by atoms with E-state index >= 15 is 0 Å². The van der Waals surface area contributed by atoms with Crippen molar-refractivity contribution in [3.8, 4) is 0 Å². The van der Waals surface area contributed by atoms with Gasteiger partial charge in [-0.25, -0.2) is 0 Å². The summed E-state index contributed by atoms with van der Waals surface area (Å²) in [5.74, 6) is 0. The molecular weight excluding hydrogens is 128 g/mol. The van der Waals surface area contributed by atoms with Crippen LogP contribution in [-0.2, 0) is 4.74 Å². The Morgan fingerprint density at radius 3 is 2.50 bits per heavy atom. The van der Waals surface area contributed by atoms with Crippen molar-refractivity contribution in [1.29, 1.82) is 0 Å². The topological polar surface area (TPSA) is 29.5 Å². The predicted octanol–water partition coefficient (Wildman–Crippen LogP) is 1.13. The molecule has 58 valence electrons. The fourth-order valence-corrected chi connectivity index (χ4v) is 0.585. The molecule has 0 spiro atoms. The minimum Gasteiger partial charge on any atom is -0.394 e. The van der Waals surface area contributed by atoms with Crippen LogP contribution in [0.4, 0.5) is 0 Å². The summed E-state index contributed by atoms with van der Waals surface area (Å²) < 4.78 is 5.14. The number of aliphatic hydroxyl groups is 1. The molecule has 0 unspecified atom stereocenters. The first kappa shape index (κ1) is 9.40. The molecule has 0 aromatic rings. The Morgan fingerprint density at radius 2 is 2.10 bits per heavy atom. The van der Waals surface area contributed by atoms with Gasteiger partial charge in [0.2, 0.25) is 0 Å². The summed E-state index contributed by atoms with van der Waals surface area (Å²) in [6, 6.07) is 0. The predicted molar refractivity (Wildman–Crippen MR) is 41.8 cm³/mol. The molecule has 0 aliphatic heterocycles. The SMILES string of the molecule is C=CCO[C@@H](CO)CC=C. The van der Waals surface area contributed by atoms with Gasteiger partial charge in [0.1, 0.15) is 0 Å². The summed E-state index contributed by atoms with van der Waals surface area (Å²) in [5, 5.41) is 8.68. The van der Waals surface area contributed by atoms with E-state index in [4.69, 9.17) is 9.84 Å². The third-order valence-corrected chi connectivity index (χ3v) is 1.08. The minimum atomic E-state index is -0.115. The Kier molecular flexibility index (Phi) is 6.13. The largest absolute Gasteiger partial charge is 0.394 e. The monoisotopic (exact) mass is 142 g/mol. The van der Waals surface area contributed by atoms with Gasteiger partial charge >= 0.3 is 0 Å². The second-order valence-electron chi connectivity index (χ2n) is 1.95. The molecule has 0 saturated carbocycles. The van der Waals surface area contributed by atoms with Gasteiger partial charge in [-0.3, -0.25) is 0 Å². The lowest BCUT2D eigenvalue weighted by molar-refractivity contribution is 0.0308. The third-order valence-electron chi connectivity index (χ3n) is 1.08. The van der Waals surface area contributed by atoms with Crippen LogP contribution in [0.15, 0.2) is 25.3 Å². The van der Waals surface area contributed by atoms with Crippen molar-refractivity contribution in [2.75, 3.05) is 13.2 Å². The summed E-state index contributed by atoms with van der Waals surface area (Å²) in [6.07, 6.45) is 3.95. The van der Waals surface area contributed by atoms with Crippen molar-refractivity contribution in [2.45, 2.75) is 12.5 Å². The highest BCUT2D eigenvalue weighted by atomic mass is 16.5. The molecule has 0 rings (SSSR count). The van der Waals surface area contributed by atoms with Crippen LogP contribution in [0.3, 0.4) is 0 Å². The zero-order valence-electron chi connectivity index (χ0n) is 6.12. The molecule has 2 heteroatoms. The fraction of sp³-hybridized carbons (Fsp3) is 0.500. The van der Waals surface area contributed by atoms with Crippen molar-refractivity contribution < 1.29 is 9.84 Å². The lowest BCUT2D eigenvalue weighted by Crippen LogP contribution is -2.16. The van der Waals surface area contributed by atoms with Crippen LogP contribution in [0.5, 0.6) is 0 Å². The van der Waals surface area contributed by atoms with E-state index in [0.29, 0.717) is 13.0 Å². The number of aliphatic hydroxyl groups excluding tert-OH is 1. The number of hydrogen-bond acceptors (Lipinski definition) is 2.